The summed E-state index contributed by atoms with van der Waals surface area (Å²) >= 11 is 0. The van der Waals surface area contributed by atoms with Gasteiger partial charge in [-0.1, -0.05) is 31.2 Å². The van der Waals surface area contributed by atoms with Gasteiger partial charge in [-0.25, -0.2) is 0 Å². The molecule has 0 spiro atoms. The minimum Gasteiger partial charge on any atom is -0.372 e. The van der Waals surface area contributed by atoms with Crippen molar-refractivity contribution in [2.75, 3.05) is 20.2 Å². The first kappa shape index (κ1) is 9.69. The van der Waals surface area contributed by atoms with Crippen LogP contribution in [0.25, 0.3) is 0 Å². The predicted octanol–water partition coefficient (Wildman–Crippen LogP) is 2.08. The highest BCUT2D eigenvalue weighted by Gasteiger charge is 2.23. The van der Waals surface area contributed by atoms with E-state index in [0.717, 1.165) is 13.2 Å². The molecule has 0 radical (unpaired) electrons. The maximum atomic E-state index is 5.79. The van der Waals surface area contributed by atoms with Crippen molar-refractivity contribution in [3.05, 3.63) is 35.4 Å². The molecule has 0 saturated carbocycles. The SMILES string of the molecule is CNC[C@H]1OC[C@@H](C)c2ccccc21. The van der Waals surface area contributed by atoms with Crippen LogP contribution in [0.3, 0.4) is 0 Å². The van der Waals surface area contributed by atoms with Gasteiger partial charge in [-0.2, -0.15) is 0 Å². The zero-order valence-electron chi connectivity index (χ0n) is 8.79. The molecule has 0 fully saturated rings. The molecule has 1 aromatic rings. The Morgan fingerprint density at radius 3 is 2.79 bits per heavy atom. The average Bonchev–Trinajstić information content (AvgIpc) is 2.23. The zero-order valence-corrected chi connectivity index (χ0v) is 8.79. The van der Waals surface area contributed by atoms with Crippen LogP contribution in [0.4, 0.5) is 0 Å². The number of hydrogen-bond acceptors (Lipinski definition) is 2. The lowest BCUT2D eigenvalue weighted by Crippen LogP contribution is -2.26. The van der Waals surface area contributed by atoms with E-state index in [1.807, 2.05) is 7.05 Å². The van der Waals surface area contributed by atoms with E-state index in [2.05, 4.69) is 36.5 Å². The first-order chi connectivity index (χ1) is 6.83. The number of rotatable bonds is 2. The fraction of sp³-hybridized carbons (Fsp3) is 0.500. The normalized spacial score (nSPS) is 25.9. The summed E-state index contributed by atoms with van der Waals surface area (Å²) in [5.41, 5.74) is 2.79. The molecular weight excluding hydrogens is 174 g/mol. The fourth-order valence-electron chi connectivity index (χ4n) is 2.05. The van der Waals surface area contributed by atoms with Gasteiger partial charge in [0.25, 0.3) is 0 Å². The highest BCUT2D eigenvalue weighted by molar-refractivity contribution is 5.33. The molecule has 0 aliphatic carbocycles. The maximum Gasteiger partial charge on any atom is 0.0952 e. The van der Waals surface area contributed by atoms with Gasteiger partial charge >= 0.3 is 0 Å². The van der Waals surface area contributed by atoms with Gasteiger partial charge in [-0.15, -0.1) is 0 Å². The molecule has 76 valence electrons. The molecular formula is C12H17NO. The highest BCUT2D eigenvalue weighted by atomic mass is 16.5. The minimum atomic E-state index is 0.229. The second-order valence-corrected chi connectivity index (χ2v) is 3.91. The van der Waals surface area contributed by atoms with Crippen molar-refractivity contribution in [2.45, 2.75) is 18.9 Å². The lowest BCUT2D eigenvalue weighted by molar-refractivity contribution is 0.0320. The Morgan fingerprint density at radius 1 is 1.36 bits per heavy atom. The summed E-state index contributed by atoms with van der Waals surface area (Å²) in [6.45, 7) is 3.95. The molecule has 1 aliphatic heterocycles. The van der Waals surface area contributed by atoms with Crippen molar-refractivity contribution in [3.63, 3.8) is 0 Å². The van der Waals surface area contributed by atoms with Crippen molar-refractivity contribution in [1.29, 1.82) is 0 Å². The van der Waals surface area contributed by atoms with Gasteiger partial charge < -0.3 is 10.1 Å². The summed E-state index contributed by atoms with van der Waals surface area (Å²) in [5.74, 6) is 0.527. The van der Waals surface area contributed by atoms with E-state index in [4.69, 9.17) is 4.74 Å². The summed E-state index contributed by atoms with van der Waals surface area (Å²) in [6, 6.07) is 8.58. The van der Waals surface area contributed by atoms with E-state index in [0.29, 0.717) is 5.92 Å². The van der Waals surface area contributed by atoms with E-state index in [9.17, 15) is 0 Å². The highest BCUT2D eigenvalue weighted by Crippen LogP contribution is 2.32. The van der Waals surface area contributed by atoms with Crippen LogP contribution in [0.15, 0.2) is 24.3 Å². The standard InChI is InChI=1S/C12H17NO/c1-9-8-14-12(7-13-2)11-6-4-3-5-10(9)11/h3-6,9,12-13H,7-8H2,1-2H3/t9-,12-/m1/s1. The van der Waals surface area contributed by atoms with Gasteiger partial charge in [-0.05, 0) is 18.2 Å². The average molecular weight is 191 g/mol. The third-order valence-corrected chi connectivity index (χ3v) is 2.81. The Balaban J connectivity index is 2.31. The van der Waals surface area contributed by atoms with E-state index >= 15 is 0 Å². The quantitative estimate of drug-likeness (QED) is 0.772. The van der Waals surface area contributed by atoms with Crippen LogP contribution in [0.1, 0.15) is 30.1 Å². The minimum absolute atomic E-state index is 0.229. The number of ether oxygens (including phenoxy) is 1. The summed E-state index contributed by atoms with van der Waals surface area (Å²) in [5, 5.41) is 3.17. The molecule has 2 atom stereocenters. The van der Waals surface area contributed by atoms with Crippen molar-refractivity contribution >= 4 is 0 Å². The van der Waals surface area contributed by atoms with Crippen LogP contribution < -0.4 is 5.32 Å². The molecule has 0 aromatic heterocycles. The first-order valence-corrected chi connectivity index (χ1v) is 5.18. The van der Waals surface area contributed by atoms with Crippen LogP contribution in [-0.4, -0.2) is 20.2 Å². The van der Waals surface area contributed by atoms with E-state index in [1.54, 1.807) is 0 Å². The number of fused-ring (bicyclic) bond motifs is 1. The van der Waals surface area contributed by atoms with Crippen LogP contribution in [0, 0.1) is 0 Å². The molecule has 0 amide bonds. The van der Waals surface area contributed by atoms with E-state index in [1.165, 1.54) is 11.1 Å². The Morgan fingerprint density at radius 2 is 2.07 bits per heavy atom. The number of hydrogen-bond donors (Lipinski definition) is 1. The van der Waals surface area contributed by atoms with E-state index < -0.39 is 0 Å². The molecule has 1 aromatic carbocycles. The molecule has 0 unspecified atom stereocenters. The number of benzene rings is 1. The predicted molar refractivity (Wildman–Crippen MR) is 57.5 cm³/mol. The van der Waals surface area contributed by atoms with Crippen molar-refractivity contribution in [3.8, 4) is 0 Å². The molecule has 2 rings (SSSR count). The lowest BCUT2D eigenvalue weighted by atomic mass is 9.91. The van der Waals surface area contributed by atoms with Gasteiger partial charge in [0.1, 0.15) is 0 Å². The summed E-state index contributed by atoms with van der Waals surface area (Å²) in [6.07, 6.45) is 0.229. The molecule has 0 saturated heterocycles. The van der Waals surface area contributed by atoms with E-state index in [-0.39, 0.29) is 6.10 Å². The topological polar surface area (TPSA) is 21.3 Å². The van der Waals surface area contributed by atoms with Gasteiger partial charge in [0.05, 0.1) is 12.7 Å². The zero-order chi connectivity index (χ0) is 9.97. The Kier molecular flexibility index (Phi) is 2.85. The van der Waals surface area contributed by atoms with Crippen LogP contribution >= 0.6 is 0 Å². The van der Waals surface area contributed by atoms with Gasteiger partial charge in [-0.3, -0.25) is 0 Å². The first-order valence-electron chi connectivity index (χ1n) is 5.18. The molecule has 0 bridgehead atoms. The Bertz CT molecular complexity index is 311. The largest absolute Gasteiger partial charge is 0.372 e. The Labute approximate surface area is 85.3 Å². The number of nitrogens with one attached hydrogen (secondary N) is 1. The second kappa shape index (κ2) is 4.11. The maximum absolute atomic E-state index is 5.79. The van der Waals surface area contributed by atoms with Crippen molar-refractivity contribution in [2.24, 2.45) is 0 Å². The third kappa shape index (κ3) is 1.68. The molecule has 14 heavy (non-hydrogen) atoms. The summed E-state index contributed by atoms with van der Waals surface area (Å²) in [7, 11) is 1.96. The third-order valence-electron chi connectivity index (χ3n) is 2.81. The van der Waals surface area contributed by atoms with Crippen LogP contribution in [0.2, 0.25) is 0 Å². The summed E-state index contributed by atoms with van der Waals surface area (Å²) < 4.78 is 5.79. The van der Waals surface area contributed by atoms with Gasteiger partial charge in [0, 0.05) is 12.5 Å². The van der Waals surface area contributed by atoms with Crippen molar-refractivity contribution < 1.29 is 4.74 Å². The molecule has 2 heteroatoms. The lowest BCUT2D eigenvalue weighted by Gasteiger charge is -2.30. The molecule has 1 heterocycles. The smallest absolute Gasteiger partial charge is 0.0952 e. The second-order valence-electron chi connectivity index (χ2n) is 3.91. The number of likely N-dealkylation sites (N-methyl/N-ethyl adjacent to an activating group) is 1. The summed E-state index contributed by atoms with van der Waals surface area (Å²) in [4.78, 5) is 0. The van der Waals surface area contributed by atoms with Crippen molar-refractivity contribution in [1.82, 2.24) is 5.32 Å². The monoisotopic (exact) mass is 191 g/mol. The van der Waals surface area contributed by atoms with Gasteiger partial charge in [0.15, 0.2) is 0 Å². The Hall–Kier alpha value is -0.860. The molecule has 1 aliphatic rings. The van der Waals surface area contributed by atoms with Gasteiger partial charge in [0.2, 0.25) is 0 Å². The molecule has 2 nitrogen and oxygen atoms in total. The fourth-order valence-corrected chi connectivity index (χ4v) is 2.05. The van der Waals surface area contributed by atoms with Crippen LogP contribution in [-0.2, 0) is 4.74 Å². The van der Waals surface area contributed by atoms with Crippen LogP contribution in [0.5, 0.6) is 0 Å². The molecule has 1 N–H and O–H groups in total.